The third-order valence-electron chi connectivity index (χ3n) is 10.1. The van der Waals surface area contributed by atoms with Crippen LogP contribution in [-0.2, 0) is 38.0 Å². The van der Waals surface area contributed by atoms with Gasteiger partial charge in [-0.1, -0.05) is 68.4 Å². The summed E-state index contributed by atoms with van der Waals surface area (Å²) in [6.45, 7) is -0.809. The van der Waals surface area contributed by atoms with Crippen molar-refractivity contribution in [2.24, 2.45) is 0 Å². The van der Waals surface area contributed by atoms with Gasteiger partial charge in [0.25, 0.3) is 0 Å². The fraction of sp³-hybridized carbons (Fsp3) is 0.780. The highest BCUT2D eigenvalue weighted by atomic mass is 16.8. The summed E-state index contributed by atoms with van der Waals surface area (Å²) in [5.74, 6) is -0.571. The van der Waals surface area contributed by atoms with Crippen LogP contribution in [0.1, 0.15) is 77.6 Å². The van der Waals surface area contributed by atoms with E-state index in [2.05, 4.69) is 43.4 Å². The van der Waals surface area contributed by atoms with Gasteiger partial charge < -0.3 is 84.2 Å². The molecule has 3 aliphatic rings. The molecule has 3 aliphatic heterocycles. The van der Waals surface area contributed by atoms with Crippen molar-refractivity contribution in [2.75, 3.05) is 33.0 Å². The summed E-state index contributed by atoms with van der Waals surface area (Å²) >= 11 is 0. The SMILES string of the molecule is CCCCC/C=C\C/C=C\C/C=C\C/C=C\CCCC(=O)OCC(CO[C@@H]1O[C@H](CO)[C@@H](O)[C@H](O[C@@H]2O[C@H](CO)[C@@H](O)[C@H](O)[C@H]2O)[C@H]1O)OC1O[C@H](CO)C[C@H](O)[C@H]1O. The van der Waals surface area contributed by atoms with Crippen molar-refractivity contribution in [3.63, 3.8) is 0 Å². The molecule has 0 aromatic carbocycles. The van der Waals surface area contributed by atoms with Gasteiger partial charge in [-0.3, -0.25) is 4.79 Å². The van der Waals surface area contributed by atoms with E-state index in [1.807, 2.05) is 12.2 Å². The van der Waals surface area contributed by atoms with Crippen molar-refractivity contribution >= 4 is 5.97 Å². The number of aliphatic hydroxyl groups is 10. The Balaban J connectivity index is 1.53. The Morgan fingerprint density at radius 2 is 1.22 bits per heavy atom. The number of hydrogen-bond donors (Lipinski definition) is 10. The van der Waals surface area contributed by atoms with Crippen molar-refractivity contribution < 1.29 is 89.0 Å². The molecule has 18 heteroatoms. The van der Waals surface area contributed by atoms with E-state index in [1.54, 1.807) is 0 Å². The van der Waals surface area contributed by atoms with E-state index in [0.29, 0.717) is 12.8 Å². The monoisotopic (exact) mass is 848 g/mol. The molecule has 3 rings (SSSR count). The molecule has 3 saturated heterocycles. The first-order valence-electron chi connectivity index (χ1n) is 20.7. The number of allylic oxidation sites excluding steroid dienone is 8. The lowest BCUT2D eigenvalue weighted by Gasteiger charge is -2.46. The molecule has 59 heavy (non-hydrogen) atoms. The van der Waals surface area contributed by atoms with Gasteiger partial charge in [-0.2, -0.15) is 0 Å². The zero-order chi connectivity index (χ0) is 43.2. The second-order valence-corrected chi connectivity index (χ2v) is 14.9. The molecule has 340 valence electrons. The topological polar surface area (TPSA) is 284 Å². The van der Waals surface area contributed by atoms with Crippen LogP contribution in [0.4, 0.5) is 0 Å². The number of unbranched alkanes of at least 4 members (excludes halogenated alkanes) is 4. The molecule has 10 N–H and O–H groups in total. The molecule has 0 saturated carbocycles. The van der Waals surface area contributed by atoms with Gasteiger partial charge >= 0.3 is 5.97 Å². The van der Waals surface area contributed by atoms with Gasteiger partial charge in [0.15, 0.2) is 18.9 Å². The predicted octanol–water partition coefficient (Wildman–Crippen LogP) is -0.470. The average Bonchev–Trinajstić information content (AvgIpc) is 3.23. The van der Waals surface area contributed by atoms with E-state index in [9.17, 15) is 55.9 Å². The summed E-state index contributed by atoms with van der Waals surface area (Å²) in [6, 6.07) is 0. The van der Waals surface area contributed by atoms with Crippen molar-refractivity contribution in [1.29, 1.82) is 0 Å². The van der Waals surface area contributed by atoms with E-state index in [4.69, 9.17) is 33.2 Å². The number of hydrogen-bond acceptors (Lipinski definition) is 18. The largest absolute Gasteiger partial charge is 0.463 e. The van der Waals surface area contributed by atoms with Crippen LogP contribution in [0.3, 0.4) is 0 Å². The first kappa shape index (κ1) is 51.1. The fourth-order valence-corrected chi connectivity index (χ4v) is 6.53. The van der Waals surface area contributed by atoms with Crippen LogP contribution in [-0.4, -0.2) is 182 Å². The minimum absolute atomic E-state index is 0.0664. The second kappa shape index (κ2) is 28.4. The second-order valence-electron chi connectivity index (χ2n) is 14.9. The van der Waals surface area contributed by atoms with Gasteiger partial charge in [0.2, 0.25) is 0 Å². The molecule has 0 aliphatic carbocycles. The van der Waals surface area contributed by atoms with Crippen LogP contribution in [0.5, 0.6) is 0 Å². The molecule has 15 atom stereocenters. The summed E-state index contributed by atoms with van der Waals surface area (Å²) in [5.41, 5.74) is 0. The number of aliphatic hydroxyl groups excluding tert-OH is 10. The lowest BCUT2D eigenvalue weighted by molar-refractivity contribution is -0.363. The van der Waals surface area contributed by atoms with Crippen molar-refractivity contribution in [3.05, 3.63) is 48.6 Å². The van der Waals surface area contributed by atoms with Gasteiger partial charge in [-0.05, 0) is 44.9 Å². The third-order valence-corrected chi connectivity index (χ3v) is 10.1. The highest BCUT2D eigenvalue weighted by Crippen LogP contribution is 2.30. The molecule has 0 aromatic heterocycles. The summed E-state index contributed by atoms with van der Waals surface area (Å²) < 4.78 is 39.1. The molecule has 18 nitrogen and oxygen atoms in total. The number of esters is 1. The van der Waals surface area contributed by atoms with Gasteiger partial charge in [-0.15, -0.1) is 0 Å². The predicted molar refractivity (Wildman–Crippen MR) is 209 cm³/mol. The van der Waals surface area contributed by atoms with Crippen molar-refractivity contribution in [3.8, 4) is 0 Å². The zero-order valence-electron chi connectivity index (χ0n) is 33.8. The Morgan fingerprint density at radius 3 is 1.83 bits per heavy atom. The summed E-state index contributed by atoms with van der Waals surface area (Å²) in [4.78, 5) is 12.7. The Hall–Kier alpha value is -2.21. The van der Waals surface area contributed by atoms with E-state index in [0.717, 1.165) is 25.7 Å². The lowest BCUT2D eigenvalue weighted by Crippen LogP contribution is -2.65. The summed E-state index contributed by atoms with van der Waals surface area (Å²) in [7, 11) is 0. The molecule has 0 bridgehead atoms. The Bertz CT molecular complexity index is 1260. The summed E-state index contributed by atoms with van der Waals surface area (Å²) in [5, 5.41) is 103. The minimum Gasteiger partial charge on any atom is -0.463 e. The smallest absolute Gasteiger partial charge is 0.305 e. The van der Waals surface area contributed by atoms with E-state index in [1.165, 1.54) is 19.3 Å². The van der Waals surface area contributed by atoms with Gasteiger partial charge in [0.05, 0.1) is 38.6 Å². The minimum atomic E-state index is -1.87. The first-order chi connectivity index (χ1) is 28.4. The molecule has 0 spiro atoms. The summed E-state index contributed by atoms with van der Waals surface area (Å²) in [6.07, 6.45) is 2.10. The Morgan fingerprint density at radius 1 is 0.627 bits per heavy atom. The van der Waals surface area contributed by atoms with Crippen LogP contribution in [0.15, 0.2) is 48.6 Å². The number of carbonyl (C=O) groups is 1. The average molecular weight is 849 g/mol. The highest BCUT2D eigenvalue weighted by Gasteiger charge is 2.51. The molecule has 0 aromatic rings. The lowest BCUT2D eigenvalue weighted by atomic mass is 9.97. The fourth-order valence-electron chi connectivity index (χ4n) is 6.53. The molecular weight excluding hydrogens is 780 g/mol. The van der Waals surface area contributed by atoms with Crippen LogP contribution < -0.4 is 0 Å². The molecule has 0 amide bonds. The molecular formula is C41H68O18. The van der Waals surface area contributed by atoms with Crippen LogP contribution in [0, 0.1) is 0 Å². The van der Waals surface area contributed by atoms with E-state index >= 15 is 0 Å². The van der Waals surface area contributed by atoms with Crippen molar-refractivity contribution in [2.45, 2.75) is 170 Å². The standard InChI is InChI=1S/C41H68O18/c1-2-3-4-5-6-7-8-9-10-11-12-13-14-15-16-17-18-19-31(46)53-24-27(56-40-32(47)28(45)20-26(21-42)55-40)25-54-39-37(52)38(34(49)30(23-44)57-39)59-41-36(51)35(50)33(48)29(22-43)58-41/h6-7,9-10,12-13,15-16,26-30,32-45,47-52H,2-5,8,11,14,17-25H2,1H3/b7-6-,10-9-,13-12-,16-15-/t26-,27?,28-,29+,30+,32+,33+,34+,35-,36+,37+,38-,39+,40?,41-/m0/s1. The first-order valence-corrected chi connectivity index (χ1v) is 20.7. The molecule has 3 heterocycles. The maximum atomic E-state index is 12.7. The third kappa shape index (κ3) is 17.2. The zero-order valence-corrected chi connectivity index (χ0v) is 33.8. The van der Waals surface area contributed by atoms with Crippen LogP contribution in [0.2, 0.25) is 0 Å². The van der Waals surface area contributed by atoms with Gasteiger partial charge in [0.1, 0.15) is 67.6 Å². The highest BCUT2D eigenvalue weighted by molar-refractivity contribution is 5.69. The maximum absolute atomic E-state index is 12.7. The molecule has 0 radical (unpaired) electrons. The van der Waals surface area contributed by atoms with E-state index < -0.39 is 131 Å². The Labute approximate surface area is 345 Å². The molecule has 2 unspecified atom stereocenters. The van der Waals surface area contributed by atoms with Crippen molar-refractivity contribution in [1.82, 2.24) is 0 Å². The van der Waals surface area contributed by atoms with E-state index in [-0.39, 0.29) is 12.8 Å². The quantitative estimate of drug-likeness (QED) is 0.0299. The van der Waals surface area contributed by atoms with Crippen LogP contribution in [0.25, 0.3) is 0 Å². The normalized spacial score (nSPS) is 35.0. The molecule has 3 fully saturated rings. The van der Waals surface area contributed by atoms with Gasteiger partial charge in [-0.25, -0.2) is 0 Å². The Kier molecular flexibility index (Phi) is 24.6. The number of rotatable bonds is 26. The van der Waals surface area contributed by atoms with Gasteiger partial charge in [0, 0.05) is 12.8 Å². The number of carbonyl (C=O) groups excluding carboxylic acids is 1. The number of ether oxygens (including phenoxy) is 7. The maximum Gasteiger partial charge on any atom is 0.305 e. The van der Waals surface area contributed by atoms with Crippen LogP contribution >= 0.6 is 0 Å².